The van der Waals surface area contributed by atoms with Crippen LogP contribution in [0.2, 0.25) is 0 Å². The first kappa shape index (κ1) is 15.8. The number of phenolic OH excluding ortho intramolecular Hbond substituents is 1. The molecule has 114 valence electrons. The van der Waals surface area contributed by atoms with Gasteiger partial charge in [0.1, 0.15) is 11.5 Å². The van der Waals surface area contributed by atoms with Gasteiger partial charge in [-0.25, -0.2) is 4.79 Å². The maximum atomic E-state index is 11.7. The van der Waals surface area contributed by atoms with Gasteiger partial charge >= 0.3 is 5.97 Å². The molecule has 2 aromatic carbocycles. The molecule has 0 aliphatic carbocycles. The van der Waals surface area contributed by atoms with E-state index in [1.807, 2.05) is 24.3 Å². The van der Waals surface area contributed by atoms with Crippen LogP contribution in [0.1, 0.15) is 11.1 Å². The molecule has 2 rings (SSSR count). The molecule has 0 amide bonds. The smallest absolute Gasteiger partial charge is 0.335 e. The van der Waals surface area contributed by atoms with Crippen molar-refractivity contribution < 1.29 is 19.4 Å². The number of carbonyl (C=O) groups is 1. The number of hydrogen-bond acceptors (Lipinski definition) is 4. The maximum absolute atomic E-state index is 11.7. The lowest BCUT2D eigenvalue weighted by Crippen LogP contribution is -2.06. The first-order chi connectivity index (χ1) is 10.7. The largest absolute Gasteiger partial charge is 0.508 e. The van der Waals surface area contributed by atoms with Crippen LogP contribution >= 0.6 is 0 Å². The third-order valence-corrected chi connectivity index (χ3v) is 3.07. The van der Waals surface area contributed by atoms with Gasteiger partial charge in [0, 0.05) is 19.6 Å². The Balaban J connectivity index is 2.13. The van der Waals surface area contributed by atoms with E-state index in [0.717, 1.165) is 11.1 Å². The van der Waals surface area contributed by atoms with Gasteiger partial charge in [0.05, 0.1) is 6.61 Å². The minimum absolute atomic E-state index is 0.226. The third kappa shape index (κ3) is 4.46. The lowest BCUT2D eigenvalue weighted by molar-refractivity contribution is -0.129. The van der Waals surface area contributed by atoms with Crippen LogP contribution in [0.5, 0.6) is 11.5 Å². The van der Waals surface area contributed by atoms with Gasteiger partial charge < -0.3 is 14.6 Å². The van der Waals surface area contributed by atoms with E-state index in [-0.39, 0.29) is 5.75 Å². The van der Waals surface area contributed by atoms with E-state index in [4.69, 9.17) is 9.47 Å². The van der Waals surface area contributed by atoms with Gasteiger partial charge in [0.25, 0.3) is 0 Å². The number of methoxy groups -OCH3 is 1. The Morgan fingerprint density at radius 2 is 1.77 bits per heavy atom. The number of rotatable bonds is 6. The molecule has 0 heterocycles. The predicted molar refractivity (Wildman–Crippen MR) is 84.0 cm³/mol. The van der Waals surface area contributed by atoms with E-state index in [1.54, 1.807) is 37.5 Å². The van der Waals surface area contributed by atoms with Crippen molar-refractivity contribution in [3.63, 3.8) is 0 Å². The van der Waals surface area contributed by atoms with Crippen molar-refractivity contribution in [1.29, 1.82) is 0 Å². The van der Waals surface area contributed by atoms with Gasteiger partial charge in [-0.15, -0.1) is 0 Å². The number of phenols is 1. The third-order valence-electron chi connectivity index (χ3n) is 3.07. The molecule has 22 heavy (non-hydrogen) atoms. The Morgan fingerprint density at radius 1 is 1.09 bits per heavy atom. The minimum Gasteiger partial charge on any atom is -0.508 e. The summed E-state index contributed by atoms with van der Waals surface area (Å²) < 4.78 is 10.2. The predicted octanol–water partition coefficient (Wildman–Crippen LogP) is 3.09. The molecule has 0 atom stereocenters. The highest BCUT2D eigenvalue weighted by Gasteiger charge is 2.09. The van der Waals surface area contributed by atoms with E-state index in [2.05, 4.69) is 0 Å². The standard InChI is InChI=1S/C18H18O4/c1-21-12-6-11-18(20)22-17-10-5-3-8-15(17)13-14-7-2-4-9-16(14)19/h2-11,19H,12-13H2,1H3/b11-6+. The second-order valence-electron chi connectivity index (χ2n) is 4.69. The number of carbonyl (C=O) groups excluding carboxylic acids is 1. The average molecular weight is 298 g/mol. The second kappa shape index (κ2) is 8.00. The molecule has 0 spiro atoms. The molecule has 0 aliphatic rings. The molecule has 0 saturated heterocycles. The maximum Gasteiger partial charge on any atom is 0.335 e. The van der Waals surface area contributed by atoms with E-state index in [1.165, 1.54) is 6.08 Å². The zero-order valence-electron chi connectivity index (χ0n) is 12.4. The molecule has 4 heteroatoms. The molecule has 0 aliphatic heterocycles. The lowest BCUT2D eigenvalue weighted by atomic mass is 10.0. The first-order valence-corrected chi connectivity index (χ1v) is 6.92. The van der Waals surface area contributed by atoms with Gasteiger partial charge in [-0.2, -0.15) is 0 Å². The molecule has 2 aromatic rings. The fourth-order valence-corrected chi connectivity index (χ4v) is 2.00. The Bertz CT molecular complexity index is 662. The molecule has 0 saturated carbocycles. The Morgan fingerprint density at radius 3 is 2.50 bits per heavy atom. The summed E-state index contributed by atoms with van der Waals surface area (Å²) in [7, 11) is 1.55. The van der Waals surface area contributed by atoms with Gasteiger partial charge in [-0.05, 0) is 23.3 Å². The Kier molecular flexibility index (Phi) is 5.74. The summed E-state index contributed by atoms with van der Waals surface area (Å²) in [6.07, 6.45) is 3.41. The Hall–Kier alpha value is -2.59. The summed E-state index contributed by atoms with van der Waals surface area (Å²) in [5.41, 5.74) is 1.61. The molecular weight excluding hydrogens is 280 g/mol. The molecule has 0 bridgehead atoms. The van der Waals surface area contributed by atoms with Crippen molar-refractivity contribution in [3.8, 4) is 11.5 Å². The van der Waals surface area contributed by atoms with Crippen LogP contribution in [0.3, 0.4) is 0 Å². The van der Waals surface area contributed by atoms with Crippen LogP contribution in [0.25, 0.3) is 0 Å². The number of esters is 1. The molecule has 4 nitrogen and oxygen atoms in total. The number of aromatic hydroxyl groups is 1. The molecule has 0 aromatic heterocycles. The van der Waals surface area contributed by atoms with E-state index < -0.39 is 5.97 Å². The van der Waals surface area contributed by atoms with E-state index in [9.17, 15) is 9.90 Å². The van der Waals surface area contributed by atoms with Gasteiger partial charge in [0.15, 0.2) is 0 Å². The topological polar surface area (TPSA) is 55.8 Å². The molecule has 1 N–H and O–H groups in total. The molecular formula is C18H18O4. The highest BCUT2D eigenvalue weighted by molar-refractivity contribution is 5.84. The summed E-state index contributed by atoms with van der Waals surface area (Å²) in [5.74, 6) is 0.253. The van der Waals surface area contributed by atoms with Gasteiger partial charge in [-0.3, -0.25) is 0 Å². The number of ether oxygens (including phenoxy) is 2. The zero-order chi connectivity index (χ0) is 15.8. The van der Waals surface area contributed by atoms with Crippen molar-refractivity contribution >= 4 is 5.97 Å². The highest BCUT2D eigenvalue weighted by atomic mass is 16.5. The monoisotopic (exact) mass is 298 g/mol. The fraction of sp³-hybridized carbons (Fsp3) is 0.167. The Labute approximate surface area is 129 Å². The van der Waals surface area contributed by atoms with Gasteiger partial charge in [0.2, 0.25) is 0 Å². The number of para-hydroxylation sites is 2. The first-order valence-electron chi connectivity index (χ1n) is 6.92. The van der Waals surface area contributed by atoms with Crippen LogP contribution in [-0.4, -0.2) is 24.8 Å². The quantitative estimate of drug-likeness (QED) is 0.506. The second-order valence-corrected chi connectivity index (χ2v) is 4.69. The molecule has 0 radical (unpaired) electrons. The number of hydrogen-bond donors (Lipinski definition) is 1. The van der Waals surface area contributed by atoms with Crippen molar-refractivity contribution in [2.24, 2.45) is 0 Å². The fourth-order valence-electron chi connectivity index (χ4n) is 2.00. The zero-order valence-corrected chi connectivity index (χ0v) is 12.4. The highest BCUT2D eigenvalue weighted by Crippen LogP contribution is 2.25. The van der Waals surface area contributed by atoms with Crippen LogP contribution in [0.4, 0.5) is 0 Å². The summed E-state index contributed by atoms with van der Waals surface area (Å²) in [4.78, 5) is 11.7. The van der Waals surface area contributed by atoms with Crippen LogP contribution < -0.4 is 4.74 Å². The van der Waals surface area contributed by atoms with Crippen LogP contribution in [-0.2, 0) is 16.0 Å². The summed E-state index contributed by atoms with van der Waals surface area (Å²) in [5, 5.41) is 9.86. The van der Waals surface area contributed by atoms with Crippen molar-refractivity contribution in [2.75, 3.05) is 13.7 Å². The van der Waals surface area contributed by atoms with E-state index in [0.29, 0.717) is 18.8 Å². The summed E-state index contributed by atoms with van der Waals surface area (Å²) in [6.45, 7) is 0.356. The molecule has 0 fully saturated rings. The van der Waals surface area contributed by atoms with Gasteiger partial charge in [-0.1, -0.05) is 42.5 Å². The summed E-state index contributed by atoms with van der Waals surface area (Å²) in [6, 6.07) is 14.4. The normalized spacial score (nSPS) is 10.8. The molecule has 0 unspecified atom stereocenters. The number of benzene rings is 2. The van der Waals surface area contributed by atoms with Crippen molar-refractivity contribution in [3.05, 3.63) is 71.8 Å². The van der Waals surface area contributed by atoms with Crippen molar-refractivity contribution in [2.45, 2.75) is 6.42 Å². The lowest BCUT2D eigenvalue weighted by Gasteiger charge is -2.10. The van der Waals surface area contributed by atoms with Crippen molar-refractivity contribution in [1.82, 2.24) is 0 Å². The van der Waals surface area contributed by atoms with E-state index >= 15 is 0 Å². The minimum atomic E-state index is -0.457. The van der Waals surface area contributed by atoms with Crippen LogP contribution in [0.15, 0.2) is 60.7 Å². The average Bonchev–Trinajstić information content (AvgIpc) is 2.52. The SMILES string of the molecule is COC/C=C/C(=O)Oc1ccccc1Cc1ccccc1O. The van der Waals surface area contributed by atoms with Crippen LogP contribution in [0, 0.1) is 0 Å². The summed E-state index contributed by atoms with van der Waals surface area (Å²) >= 11 is 0.